The number of Topliss-reactive ketones (excluding diaryl/α,β-unsaturated/α-hetero) is 1. The number of ketones is 1. The van der Waals surface area contributed by atoms with Gasteiger partial charge in [-0.1, -0.05) is 0 Å². The predicted molar refractivity (Wildman–Crippen MR) is 91.6 cm³/mol. The van der Waals surface area contributed by atoms with Gasteiger partial charge in [0.25, 0.3) is 0 Å². The first kappa shape index (κ1) is 16.4. The first-order valence-corrected chi connectivity index (χ1v) is 8.09. The van der Waals surface area contributed by atoms with Crippen molar-refractivity contribution in [1.82, 2.24) is 9.97 Å². The van der Waals surface area contributed by atoms with Crippen molar-refractivity contribution in [2.24, 2.45) is 0 Å². The van der Waals surface area contributed by atoms with Gasteiger partial charge in [-0.15, -0.1) is 0 Å². The number of rotatable bonds is 4. The SMILES string of the molecule is O=C1CC(CO)(CO)Oc2ccc(-c3cnc(-c4cccnc4)o3)cc21. The van der Waals surface area contributed by atoms with Crippen LogP contribution in [0.25, 0.3) is 22.8 Å². The molecular formula is C19H16N2O5. The summed E-state index contributed by atoms with van der Waals surface area (Å²) in [6.07, 6.45) is 4.82. The van der Waals surface area contributed by atoms with Crippen molar-refractivity contribution in [1.29, 1.82) is 0 Å². The lowest BCUT2D eigenvalue weighted by Crippen LogP contribution is -2.48. The first-order chi connectivity index (χ1) is 12.6. The third kappa shape index (κ3) is 2.77. The normalized spacial score (nSPS) is 15.4. The Morgan fingerprint density at radius 1 is 1.12 bits per heavy atom. The molecule has 0 saturated carbocycles. The number of aliphatic hydroxyl groups is 2. The van der Waals surface area contributed by atoms with E-state index in [2.05, 4.69) is 9.97 Å². The molecule has 0 spiro atoms. The van der Waals surface area contributed by atoms with Gasteiger partial charge in [-0.05, 0) is 30.3 Å². The van der Waals surface area contributed by atoms with Gasteiger partial charge in [-0.2, -0.15) is 0 Å². The van der Waals surface area contributed by atoms with E-state index in [0.29, 0.717) is 28.5 Å². The molecule has 3 aromatic rings. The second-order valence-electron chi connectivity index (χ2n) is 6.18. The first-order valence-electron chi connectivity index (χ1n) is 8.09. The highest BCUT2D eigenvalue weighted by Crippen LogP contribution is 2.36. The van der Waals surface area contributed by atoms with Crippen molar-refractivity contribution in [3.63, 3.8) is 0 Å². The highest BCUT2D eigenvalue weighted by molar-refractivity contribution is 6.01. The lowest BCUT2D eigenvalue weighted by atomic mass is 9.90. The van der Waals surface area contributed by atoms with Crippen LogP contribution in [0.4, 0.5) is 0 Å². The summed E-state index contributed by atoms with van der Waals surface area (Å²) < 4.78 is 11.5. The maximum Gasteiger partial charge on any atom is 0.228 e. The van der Waals surface area contributed by atoms with Crippen molar-refractivity contribution < 1.29 is 24.2 Å². The molecule has 0 fully saturated rings. The predicted octanol–water partition coefficient (Wildman–Crippen LogP) is 2.09. The summed E-state index contributed by atoms with van der Waals surface area (Å²) in [6.45, 7) is -0.875. The molecule has 1 aromatic carbocycles. The summed E-state index contributed by atoms with van der Waals surface area (Å²) in [4.78, 5) is 20.8. The molecule has 4 rings (SSSR count). The van der Waals surface area contributed by atoms with Crippen LogP contribution in [-0.2, 0) is 0 Å². The second-order valence-corrected chi connectivity index (χ2v) is 6.18. The molecule has 0 amide bonds. The number of ether oxygens (including phenoxy) is 1. The van der Waals surface area contributed by atoms with E-state index in [4.69, 9.17) is 9.15 Å². The number of carbonyl (C=O) groups is 1. The van der Waals surface area contributed by atoms with Crippen molar-refractivity contribution in [3.8, 4) is 28.5 Å². The Balaban J connectivity index is 1.68. The average molecular weight is 352 g/mol. The number of carbonyl (C=O) groups excluding carboxylic acids is 1. The molecule has 132 valence electrons. The summed E-state index contributed by atoms with van der Waals surface area (Å²) in [7, 11) is 0. The van der Waals surface area contributed by atoms with Crippen LogP contribution in [0.2, 0.25) is 0 Å². The zero-order chi connectivity index (χ0) is 18.1. The number of aliphatic hydroxyl groups excluding tert-OH is 2. The Labute approximate surface area is 148 Å². The Kier molecular flexibility index (Phi) is 4.02. The smallest absolute Gasteiger partial charge is 0.228 e. The van der Waals surface area contributed by atoms with Gasteiger partial charge < -0.3 is 19.4 Å². The lowest BCUT2D eigenvalue weighted by molar-refractivity contribution is -0.0403. The maximum absolute atomic E-state index is 12.5. The van der Waals surface area contributed by atoms with Crippen molar-refractivity contribution >= 4 is 5.78 Å². The number of benzene rings is 1. The minimum absolute atomic E-state index is 0.0895. The Morgan fingerprint density at radius 3 is 2.69 bits per heavy atom. The van der Waals surface area contributed by atoms with E-state index in [1.807, 2.05) is 6.07 Å². The molecule has 7 nitrogen and oxygen atoms in total. The molecule has 0 bridgehead atoms. The van der Waals surface area contributed by atoms with E-state index >= 15 is 0 Å². The van der Waals surface area contributed by atoms with Crippen LogP contribution >= 0.6 is 0 Å². The summed E-state index contributed by atoms with van der Waals surface area (Å²) in [5.74, 6) is 1.08. The van der Waals surface area contributed by atoms with Crippen LogP contribution in [-0.4, -0.2) is 44.8 Å². The summed E-state index contributed by atoms with van der Waals surface area (Å²) in [6, 6.07) is 8.68. The minimum Gasteiger partial charge on any atom is -0.481 e. The van der Waals surface area contributed by atoms with E-state index in [0.717, 1.165) is 5.56 Å². The fraction of sp³-hybridized carbons (Fsp3) is 0.211. The molecule has 1 aliphatic heterocycles. The number of fused-ring (bicyclic) bond motifs is 1. The Morgan fingerprint density at radius 2 is 1.96 bits per heavy atom. The highest BCUT2D eigenvalue weighted by Gasteiger charge is 2.40. The van der Waals surface area contributed by atoms with E-state index in [9.17, 15) is 15.0 Å². The Bertz CT molecular complexity index is 948. The van der Waals surface area contributed by atoms with Gasteiger partial charge in [-0.25, -0.2) is 4.98 Å². The van der Waals surface area contributed by atoms with Gasteiger partial charge in [0, 0.05) is 18.0 Å². The molecule has 2 aromatic heterocycles. The zero-order valence-electron chi connectivity index (χ0n) is 13.8. The summed E-state index contributed by atoms with van der Waals surface area (Å²) >= 11 is 0. The molecule has 0 radical (unpaired) electrons. The maximum atomic E-state index is 12.5. The Hall–Kier alpha value is -3.03. The summed E-state index contributed by atoms with van der Waals surface area (Å²) in [5.41, 5.74) is 0.556. The van der Waals surface area contributed by atoms with Gasteiger partial charge in [0.2, 0.25) is 5.89 Å². The quantitative estimate of drug-likeness (QED) is 0.740. The van der Waals surface area contributed by atoms with Gasteiger partial charge in [0.15, 0.2) is 17.1 Å². The highest BCUT2D eigenvalue weighted by atomic mass is 16.5. The molecule has 3 heterocycles. The average Bonchev–Trinajstić information content (AvgIpc) is 3.18. The molecule has 0 unspecified atom stereocenters. The number of nitrogens with zero attached hydrogens (tertiary/aromatic N) is 2. The molecule has 0 atom stereocenters. The standard InChI is InChI=1S/C19H16N2O5/c22-10-19(11-23)7-15(24)14-6-12(3-4-16(14)26-19)17-9-21-18(25-17)13-2-1-5-20-8-13/h1-6,8-9,22-23H,7,10-11H2. The summed E-state index contributed by atoms with van der Waals surface area (Å²) in [5, 5.41) is 18.9. The van der Waals surface area contributed by atoms with Crippen molar-refractivity contribution in [2.45, 2.75) is 12.0 Å². The zero-order valence-corrected chi connectivity index (χ0v) is 13.8. The fourth-order valence-electron chi connectivity index (χ4n) is 2.90. The number of oxazole rings is 1. The van der Waals surface area contributed by atoms with E-state index in [1.165, 1.54) is 0 Å². The largest absolute Gasteiger partial charge is 0.481 e. The molecule has 0 aliphatic carbocycles. The monoisotopic (exact) mass is 352 g/mol. The van der Waals surface area contributed by atoms with Gasteiger partial charge in [-0.3, -0.25) is 9.78 Å². The van der Waals surface area contributed by atoms with Crippen molar-refractivity contribution in [2.75, 3.05) is 13.2 Å². The van der Waals surface area contributed by atoms with E-state index in [1.54, 1.807) is 42.9 Å². The minimum atomic E-state index is -1.27. The van der Waals surface area contributed by atoms with Gasteiger partial charge in [0.1, 0.15) is 5.75 Å². The van der Waals surface area contributed by atoms with Gasteiger partial charge in [0.05, 0.1) is 37.0 Å². The molecule has 2 N–H and O–H groups in total. The van der Waals surface area contributed by atoms with Crippen LogP contribution in [0.15, 0.2) is 53.3 Å². The van der Waals surface area contributed by atoms with Crippen LogP contribution in [0.5, 0.6) is 5.75 Å². The third-order valence-electron chi connectivity index (χ3n) is 4.36. The van der Waals surface area contributed by atoms with Crippen LogP contribution < -0.4 is 4.74 Å². The van der Waals surface area contributed by atoms with Crippen LogP contribution in [0, 0.1) is 0 Å². The number of aromatic nitrogens is 2. The molecule has 26 heavy (non-hydrogen) atoms. The van der Waals surface area contributed by atoms with Crippen LogP contribution in [0.3, 0.4) is 0 Å². The van der Waals surface area contributed by atoms with Gasteiger partial charge >= 0.3 is 0 Å². The van der Waals surface area contributed by atoms with Crippen LogP contribution in [0.1, 0.15) is 16.8 Å². The molecule has 0 saturated heterocycles. The second kappa shape index (κ2) is 6.36. The molecular weight excluding hydrogens is 336 g/mol. The van der Waals surface area contributed by atoms with Crippen molar-refractivity contribution in [3.05, 3.63) is 54.5 Å². The van der Waals surface area contributed by atoms with E-state index < -0.39 is 18.8 Å². The lowest BCUT2D eigenvalue weighted by Gasteiger charge is -2.34. The number of pyridine rings is 1. The number of hydrogen-bond donors (Lipinski definition) is 2. The molecule has 7 heteroatoms. The third-order valence-corrected chi connectivity index (χ3v) is 4.36. The number of hydrogen-bond acceptors (Lipinski definition) is 7. The van der Waals surface area contributed by atoms with E-state index in [-0.39, 0.29) is 12.2 Å². The fourth-order valence-corrected chi connectivity index (χ4v) is 2.90. The molecule has 1 aliphatic rings. The topological polar surface area (TPSA) is 106 Å².